The highest BCUT2D eigenvalue weighted by molar-refractivity contribution is 9.09. The average Bonchev–Trinajstić information content (AvgIpc) is 2.39. The van der Waals surface area contributed by atoms with Crippen LogP contribution in [0.5, 0.6) is 0 Å². The van der Waals surface area contributed by atoms with Gasteiger partial charge in [-0.2, -0.15) is 0 Å². The van der Waals surface area contributed by atoms with Crippen LogP contribution in [0.4, 0.5) is 0 Å². The number of benzene rings is 1. The van der Waals surface area contributed by atoms with Crippen molar-refractivity contribution in [2.45, 2.75) is 25.8 Å². The maximum atomic E-state index is 12.3. The standard InChI is InChI=1S/C13H16Br2ClNO/c1-3-13(7-14,8-15)17-12(18)10-5-4-6-11(16)9(10)2/h4-6H,3,7-8H2,1-2H3,(H,17,18). The SMILES string of the molecule is CCC(CBr)(CBr)NC(=O)c1cccc(Cl)c1C. The molecule has 1 aromatic rings. The van der Waals surface area contributed by atoms with E-state index in [1.807, 2.05) is 13.8 Å². The van der Waals surface area contributed by atoms with Gasteiger partial charge in [0.2, 0.25) is 0 Å². The smallest absolute Gasteiger partial charge is 0.252 e. The second-order valence-corrected chi connectivity index (χ2v) is 5.80. The molecule has 18 heavy (non-hydrogen) atoms. The van der Waals surface area contributed by atoms with E-state index in [1.165, 1.54) is 0 Å². The number of alkyl halides is 2. The molecule has 0 fully saturated rings. The van der Waals surface area contributed by atoms with Crippen molar-refractivity contribution in [2.24, 2.45) is 0 Å². The van der Waals surface area contributed by atoms with Crippen LogP contribution >= 0.6 is 43.5 Å². The molecule has 0 unspecified atom stereocenters. The number of carbonyl (C=O) groups excluding carboxylic acids is 1. The Balaban J connectivity index is 2.98. The van der Waals surface area contributed by atoms with Gasteiger partial charge in [-0.05, 0) is 31.0 Å². The molecule has 1 amide bonds. The van der Waals surface area contributed by atoms with Crippen LogP contribution in [0, 0.1) is 6.92 Å². The zero-order chi connectivity index (χ0) is 13.8. The van der Waals surface area contributed by atoms with E-state index in [-0.39, 0.29) is 11.4 Å². The van der Waals surface area contributed by atoms with E-state index in [4.69, 9.17) is 11.6 Å². The van der Waals surface area contributed by atoms with Crippen LogP contribution in [0.25, 0.3) is 0 Å². The van der Waals surface area contributed by atoms with Crippen LogP contribution in [0.3, 0.4) is 0 Å². The molecule has 0 radical (unpaired) electrons. The highest BCUT2D eigenvalue weighted by Gasteiger charge is 2.28. The average molecular weight is 398 g/mol. The highest BCUT2D eigenvalue weighted by atomic mass is 79.9. The van der Waals surface area contributed by atoms with Gasteiger partial charge in [-0.3, -0.25) is 4.79 Å². The minimum absolute atomic E-state index is 0.0873. The van der Waals surface area contributed by atoms with Crippen LogP contribution in [0.1, 0.15) is 29.3 Å². The number of hydrogen-bond donors (Lipinski definition) is 1. The Labute approximate surface area is 130 Å². The van der Waals surface area contributed by atoms with Crippen LogP contribution < -0.4 is 5.32 Å². The summed E-state index contributed by atoms with van der Waals surface area (Å²) in [5.41, 5.74) is 1.17. The molecule has 0 aliphatic rings. The summed E-state index contributed by atoms with van der Waals surface area (Å²) in [6, 6.07) is 5.37. The first-order valence-corrected chi connectivity index (χ1v) is 8.31. The first-order chi connectivity index (χ1) is 8.49. The van der Waals surface area contributed by atoms with Gasteiger partial charge in [0, 0.05) is 21.2 Å². The molecular formula is C13H16Br2ClNO. The van der Waals surface area contributed by atoms with E-state index in [0.717, 1.165) is 12.0 Å². The Hall–Kier alpha value is -0.0600. The van der Waals surface area contributed by atoms with Crippen molar-refractivity contribution in [2.75, 3.05) is 10.7 Å². The lowest BCUT2D eigenvalue weighted by atomic mass is 10.00. The van der Waals surface area contributed by atoms with Crippen LogP contribution in [0.2, 0.25) is 5.02 Å². The van der Waals surface area contributed by atoms with Crippen LogP contribution in [-0.2, 0) is 0 Å². The lowest BCUT2D eigenvalue weighted by molar-refractivity contribution is 0.0915. The van der Waals surface area contributed by atoms with Crippen molar-refractivity contribution in [3.05, 3.63) is 34.3 Å². The number of halogens is 3. The van der Waals surface area contributed by atoms with E-state index in [9.17, 15) is 4.79 Å². The fraction of sp³-hybridized carbons (Fsp3) is 0.462. The van der Waals surface area contributed by atoms with E-state index in [2.05, 4.69) is 37.2 Å². The molecule has 0 spiro atoms. The highest BCUT2D eigenvalue weighted by Crippen LogP contribution is 2.21. The van der Waals surface area contributed by atoms with Crippen molar-refractivity contribution < 1.29 is 4.79 Å². The van der Waals surface area contributed by atoms with E-state index >= 15 is 0 Å². The topological polar surface area (TPSA) is 29.1 Å². The quantitative estimate of drug-likeness (QED) is 0.737. The molecule has 0 aliphatic carbocycles. The fourth-order valence-corrected chi connectivity index (χ4v) is 3.72. The van der Waals surface area contributed by atoms with Gasteiger partial charge in [0.25, 0.3) is 5.91 Å². The predicted octanol–water partition coefficient (Wildman–Crippen LogP) is 4.32. The maximum absolute atomic E-state index is 12.3. The van der Waals surface area contributed by atoms with Crippen LogP contribution in [-0.4, -0.2) is 22.1 Å². The molecule has 0 atom stereocenters. The monoisotopic (exact) mass is 395 g/mol. The number of rotatable bonds is 5. The van der Waals surface area contributed by atoms with Gasteiger partial charge in [0.1, 0.15) is 0 Å². The minimum Gasteiger partial charge on any atom is -0.345 e. The third-order valence-corrected chi connectivity index (χ3v) is 5.64. The molecule has 1 aromatic carbocycles. The fourth-order valence-electron chi connectivity index (χ4n) is 1.54. The zero-order valence-corrected chi connectivity index (χ0v) is 14.3. The summed E-state index contributed by atoms with van der Waals surface area (Å²) >= 11 is 12.9. The Bertz CT molecular complexity index is 425. The summed E-state index contributed by atoms with van der Waals surface area (Å²) < 4.78 is 0. The molecule has 0 saturated heterocycles. The first-order valence-electron chi connectivity index (χ1n) is 5.69. The second-order valence-electron chi connectivity index (χ2n) is 4.27. The molecule has 5 heteroatoms. The molecule has 1 N–H and O–H groups in total. The maximum Gasteiger partial charge on any atom is 0.252 e. The van der Waals surface area contributed by atoms with Gasteiger partial charge in [-0.25, -0.2) is 0 Å². The molecule has 0 saturated carbocycles. The summed E-state index contributed by atoms with van der Waals surface area (Å²) in [5, 5.41) is 5.09. The molecule has 0 aliphatic heterocycles. The zero-order valence-electron chi connectivity index (χ0n) is 10.4. The Morgan fingerprint density at radius 2 is 2.00 bits per heavy atom. The Kier molecular flexibility index (Phi) is 6.15. The molecule has 0 heterocycles. The van der Waals surface area contributed by atoms with E-state index in [1.54, 1.807) is 18.2 Å². The van der Waals surface area contributed by atoms with Crippen LogP contribution in [0.15, 0.2) is 18.2 Å². The summed E-state index contributed by atoms with van der Waals surface area (Å²) in [5.74, 6) is -0.0873. The Morgan fingerprint density at radius 3 is 2.50 bits per heavy atom. The molecule has 0 aromatic heterocycles. The largest absolute Gasteiger partial charge is 0.345 e. The van der Waals surface area contributed by atoms with Crippen molar-refractivity contribution in [3.8, 4) is 0 Å². The number of carbonyl (C=O) groups is 1. The van der Waals surface area contributed by atoms with Crippen molar-refractivity contribution in [1.29, 1.82) is 0 Å². The molecular weight excluding hydrogens is 381 g/mol. The summed E-state index contributed by atoms with van der Waals surface area (Å²) in [4.78, 5) is 12.3. The molecule has 0 bridgehead atoms. The van der Waals surface area contributed by atoms with Gasteiger partial charge in [-0.15, -0.1) is 0 Å². The third kappa shape index (κ3) is 3.49. The predicted molar refractivity (Wildman–Crippen MR) is 84.3 cm³/mol. The summed E-state index contributed by atoms with van der Waals surface area (Å²) in [7, 11) is 0. The van der Waals surface area contributed by atoms with Crippen molar-refractivity contribution >= 4 is 49.4 Å². The first kappa shape index (κ1) is 16.0. The molecule has 2 nitrogen and oxygen atoms in total. The van der Waals surface area contributed by atoms with E-state index < -0.39 is 0 Å². The van der Waals surface area contributed by atoms with Crippen molar-refractivity contribution in [3.63, 3.8) is 0 Å². The number of hydrogen-bond acceptors (Lipinski definition) is 1. The van der Waals surface area contributed by atoms with Gasteiger partial charge in [0.05, 0.1) is 5.54 Å². The number of nitrogens with one attached hydrogen (secondary N) is 1. The molecule has 1 rings (SSSR count). The lowest BCUT2D eigenvalue weighted by Gasteiger charge is -2.30. The third-order valence-electron chi connectivity index (χ3n) is 3.08. The molecule has 100 valence electrons. The summed E-state index contributed by atoms with van der Waals surface area (Å²) in [6.07, 6.45) is 0.842. The van der Waals surface area contributed by atoms with E-state index in [0.29, 0.717) is 21.2 Å². The van der Waals surface area contributed by atoms with Gasteiger partial charge in [0.15, 0.2) is 0 Å². The second kappa shape index (κ2) is 6.92. The Morgan fingerprint density at radius 1 is 1.39 bits per heavy atom. The lowest BCUT2D eigenvalue weighted by Crippen LogP contribution is -2.51. The van der Waals surface area contributed by atoms with Gasteiger partial charge >= 0.3 is 0 Å². The number of amides is 1. The van der Waals surface area contributed by atoms with Gasteiger partial charge in [-0.1, -0.05) is 56.5 Å². The van der Waals surface area contributed by atoms with Crippen molar-refractivity contribution in [1.82, 2.24) is 5.32 Å². The van der Waals surface area contributed by atoms with Gasteiger partial charge < -0.3 is 5.32 Å². The normalized spacial score (nSPS) is 11.4. The minimum atomic E-state index is -0.272. The summed E-state index contributed by atoms with van der Waals surface area (Å²) in [6.45, 7) is 3.90.